The molecule has 1 saturated carbocycles. The first kappa shape index (κ1) is 33.6. The summed E-state index contributed by atoms with van der Waals surface area (Å²) in [6, 6.07) is 12.2. The molecule has 4 aliphatic carbocycles. The number of likely N-dealkylation sites (tertiary alicyclic amines) is 1. The van der Waals surface area contributed by atoms with Gasteiger partial charge in [-0.15, -0.1) is 0 Å². The molecule has 2 aliphatic heterocycles. The van der Waals surface area contributed by atoms with Crippen LogP contribution in [-0.2, 0) is 42.1 Å². The average Bonchev–Trinajstić information content (AvgIpc) is 3.47. The summed E-state index contributed by atoms with van der Waals surface area (Å²) in [5.74, 6) is -0.226. The maximum Gasteiger partial charge on any atom is 0.328 e. The number of methoxy groups -OCH3 is 2. The molecule has 2 fully saturated rings. The van der Waals surface area contributed by atoms with E-state index in [2.05, 4.69) is 40.8 Å². The second-order valence-electron chi connectivity index (χ2n) is 14.9. The van der Waals surface area contributed by atoms with Gasteiger partial charge in [-0.2, -0.15) is 0 Å². The number of likely N-dealkylation sites (N-methyl/N-ethyl adjacent to an activating group) is 1. The average molecular weight is 672 g/mol. The minimum atomic E-state index is -1.08. The lowest BCUT2D eigenvalue weighted by Crippen LogP contribution is -2.80. The zero-order valence-corrected chi connectivity index (χ0v) is 29.4. The summed E-state index contributed by atoms with van der Waals surface area (Å²) in [6.07, 6.45) is 6.86. The smallest absolute Gasteiger partial charge is 0.328 e. The summed E-state index contributed by atoms with van der Waals surface area (Å²) in [5.41, 5.74) is 1.52. The summed E-state index contributed by atoms with van der Waals surface area (Å²) < 4.78 is 24.6. The summed E-state index contributed by atoms with van der Waals surface area (Å²) in [5, 5.41) is 6.08. The Labute approximate surface area is 288 Å². The molecule has 6 aliphatic rings. The topological polar surface area (TPSA) is 115 Å². The van der Waals surface area contributed by atoms with Gasteiger partial charge in [-0.05, 0) is 69.3 Å². The van der Waals surface area contributed by atoms with Crippen molar-refractivity contribution in [3.8, 4) is 11.5 Å². The summed E-state index contributed by atoms with van der Waals surface area (Å²) in [6.45, 7) is 6.84. The first-order chi connectivity index (χ1) is 23.5. The van der Waals surface area contributed by atoms with E-state index in [4.69, 9.17) is 18.9 Å². The zero-order valence-electron chi connectivity index (χ0n) is 29.4. The third-order valence-electron chi connectivity index (χ3n) is 12.1. The first-order valence-corrected chi connectivity index (χ1v) is 17.7. The summed E-state index contributed by atoms with van der Waals surface area (Å²) >= 11 is 0. The van der Waals surface area contributed by atoms with Gasteiger partial charge in [0, 0.05) is 30.6 Å². The molecule has 2 aromatic carbocycles. The third-order valence-corrected chi connectivity index (χ3v) is 12.1. The molecule has 10 heteroatoms. The maximum atomic E-state index is 14.8. The van der Waals surface area contributed by atoms with Crippen molar-refractivity contribution in [2.45, 2.75) is 88.1 Å². The zero-order chi connectivity index (χ0) is 34.7. The summed E-state index contributed by atoms with van der Waals surface area (Å²) in [7, 11) is 5.50. The number of ether oxygens (including phenoxy) is 4. The number of carbonyl (C=O) groups is 3. The number of nitrogens with zero attached hydrogens (tertiary/aromatic N) is 1. The van der Waals surface area contributed by atoms with E-state index in [0.29, 0.717) is 18.6 Å². The molecular formula is C39H49N3O7. The SMILES string of the molecule is CCOC(=O)[C@H](CC(C)C)NC(=O)[C@H](Cc1ccccc1)NC(=O)[C@H]1C[C@@]23C=C[C@@]1(OC)[C@H]1Oc4c(OC)ccc5c4[C@@]12CCN(C)[C@H]3C5. The monoisotopic (exact) mass is 671 g/mol. The van der Waals surface area contributed by atoms with E-state index in [1.165, 1.54) is 11.1 Å². The van der Waals surface area contributed by atoms with Crippen LogP contribution >= 0.6 is 0 Å². The molecule has 0 radical (unpaired) electrons. The molecule has 262 valence electrons. The molecule has 2 heterocycles. The lowest BCUT2D eigenvalue weighted by atomic mass is 9.37. The lowest BCUT2D eigenvalue weighted by Gasteiger charge is -2.70. The van der Waals surface area contributed by atoms with E-state index < -0.39 is 41.6 Å². The van der Waals surface area contributed by atoms with Gasteiger partial charge in [0.1, 0.15) is 23.8 Å². The van der Waals surface area contributed by atoms with Crippen molar-refractivity contribution in [2.24, 2.45) is 17.3 Å². The van der Waals surface area contributed by atoms with Crippen molar-refractivity contribution in [1.82, 2.24) is 15.5 Å². The van der Waals surface area contributed by atoms with Crippen LogP contribution in [0.25, 0.3) is 0 Å². The summed E-state index contributed by atoms with van der Waals surface area (Å²) in [4.78, 5) is 44.2. The minimum Gasteiger partial charge on any atom is -0.493 e. The first-order valence-electron chi connectivity index (χ1n) is 17.7. The molecule has 1 saturated heterocycles. The van der Waals surface area contributed by atoms with E-state index in [-0.39, 0.29) is 41.7 Å². The van der Waals surface area contributed by atoms with Crippen LogP contribution in [0.1, 0.15) is 56.7 Å². The molecule has 2 spiro atoms. The lowest BCUT2D eigenvalue weighted by molar-refractivity contribution is -0.214. The fourth-order valence-electron chi connectivity index (χ4n) is 10.0. The van der Waals surface area contributed by atoms with E-state index in [9.17, 15) is 14.4 Å². The van der Waals surface area contributed by atoms with E-state index in [1.807, 2.05) is 50.2 Å². The maximum absolute atomic E-state index is 14.8. The standard InChI is InChI=1S/C39H49N3O7/c1-7-48-35(45)28(19-23(2)3)41-34(44)27(20-24-11-9-8-10-12-24)40-33(43)26-22-37-15-16-39(26,47-6)36-38(37)17-18-42(4)30(37)21-25-13-14-29(46-5)32(49-36)31(25)38/h8-16,23,26-28,30,36H,7,17-22H2,1-6H3,(H,40,43)(H,41,44)/t26-,27+,28+,30+,36+,37-,38+,39+/m1/s1. The van der Waals surface area contributed by atoms with Crippen LogP contribution in [0.4, 0.5) is 0 Å². The van der Waals surface area contributed by atoms with Gasteiger partial charge < -0.3 is 34.5 Å². The number of hydrogen-bond acceptors (Lipinski definition) is 8. The van der Waals surface area contributed by atoms with Crippen molar-refractivity contribution >= 4 is 17.8 Å². The third kappa shape index (κ3) is 4.92. The van der Waals surface area contributed by atoms with Crippen molar-refractivity contribution < 1.29 is 33.3 Å². The molecule has 2 amide bonds. The van der Waals surface area contributed by atoms with Crippen LogP contribution in [0.2, 0.25) is 0 Å². The van der Waals surface area contributed by atoms with Crippen LogP contribution < -0.4 is 20.1 Å². The predicted octanol–water partition coefficient (Wildman–Crippen LogP) is 3.74. The number of rotatable bonds is 12. The number of piperidine rings is 1. The second-order valence-corrected chi connectivity index (χ2v) is 14.9. The molecule has 0 aromatic heterocycles. The number of fused-ring (bicyclic) bond motifs is 1. The number of hydrogen-bond donors (Lipinski definition) is 2. The Morgan fingerprint density at radius 3 is 2.51 bits per heavy atom. The fourth-order valence-corrected chi connectivity index (χ4v) is 10.0. The predicted molar refractivity (Wildman–Crippen MR) is 183 cm³/mol. The fraction of sp³-hybridized carbons (Fsp3) is 0.564. The van der Waals surface area contributed by atoms with Crippen LogP contribution in [0, 0.1) is 17.3 Å². The highest BCUT2D eigenvalue weighted by atomic mass is 16.6. The van der Waals surface area contributed by atoms with Crippen LogP contribution in [0.15, 0.2) is 54.6 Å². The Morgan fingerprint density at radius 1 is 1.04 bits per heavy atom. The molecular weight excluding hydrogens is 622 g/mol. The Bertz CT molecular complexity index is 1660. The van der Waals surface area contributed by atoms with Crippen LogP contribution in [0.5, 0.6) is 11.5 Å². The normalized spacial score (nSPS) is 31.4. The number of carbonyl (C=O) groups excluding carboxylic acids is 3. The Hall–Kier alpha value is -3.89. The highest BCUT2D eigenvalue weighted by Crippen LogP contribution is 2.74. The molecule has 2 N–H and O–H groups in total. The molecule has 49 heavy (non-hydrogen) atoms. The van der Waals surface area contributed by atoms with Gasteiger partial charge in [0.25, 0.3) is 0 Å². The van der Waals surface area contributed by atoms with Crippen molar-refractivity contribution in [3.05, 3.63) is 71.3 Å². The van der Waals surface area contributed by atoms with Gasteiger partial charge in [-0.1, -0.05) is 62.4 Å². The Morgan fingerprint density at radius 2 is 1.82 bits per heavy atom. The Balaban J connectivity index is 1.25. The molecule has 2 aromatic rings. The number of amides is 2. The van der Waals surface area contributed by atoms with Gasteiger partial charge in [0.05, 0.1) is 25.0 Å². The van der Waals surface area contributed by atoms with Gasteiger partial charge in [0.15, 0.2) is 11.5 Å². The minimum absolute atomic E-state index is 0.136. The van der Waals surface area contributed by atoms with Crippen LogP contribution in [0.3, 0.4) is 0 Å². The second kappa shape index (κ2) is 12.5. The highest BCUT2D eigenvalue weighted by Gasteiger charge is 2.79. The van der Waals surface area contributed by atoms with Crippen molar-refractivity contribution in [2.75, 3.05) is 34.4 Å². The molecule has 8 atom stereocenters. The van der Waals surface area contributed by atoms with Gasteiger partial charge in [-0.3, -0.25) is 9.59 Å². The number of benzene rings is 2. The number of nitrogens with one attached hydrogen (secondary N) is 2. The quantitative estimate of drug-likeness (QED) is 0.259. The van der Waals surface area contributed by atoms with E-state index in [1.54, 1.807) is 21.1 Å². The molecule has 0 unspecified atom stereocenters. The van der Waals surface area contributed by atoms with Crippen LogP contribution in [-0.4, -0.2) is 86.9 Å². The number of esters is 1. The highest BCUT2D eigenvalue weighted by molar-refractivity contribution is 5.92. The van der Waals surface area contributed by atoms with E-state index in [0.717, 1.165) is 30.7 Å². The Kier molecular flexibility index (Phi) is 8.54. The molecule has 4 bridgehead atoms. The largest absolute Gasteiger partial charge is 0.493 e. The molecule has 8 rings (SSSR count). The molecule has 10 nitrogen and oxygen atoms in total. The van der Waals surface area contributed by atoms with Crippen molar-refractivity contribution in [1.29, 1.82) is 0 Å². The van der Waals surface area contributed by atoms with Gasteiger partial charge in [-0.25, -0.2) is 4.79 Å². The van der Waals surface area contributed by atoms with Gasteiger partial charge >= 0.3 is 5.97 Å². The van der Waals surface area contributed by atoms with Gasteiger partial charge in [0.2, 0.25) is 11.8 Å². The van der Waals surface area contributed by atoms with Crippen molar-refractivity contribution in [3.63, 3.8) is 0 Å². The van der Waals surface area contributed by atoms with E-state index >= 15 is 0 Å².